The Balaban J connectivity index is 2.58. The highest BCUT2D eigenvalue weighted by Crippen LogP contribution is 2.30. The second kappa shape index (κ2) is 7.74. The summed E-state index contributed by atoms with van der Waals surface area (Å²) in [5.74, 6) is 0.625. The summed E-state index contributed by atoms with van der Waals surface area (Å²) in [7, 11) is 0. The Morgan fingerprint density at radius 1 is 1.39 bits per heavy atom. The Kier molecular flexibility index (Phi) is 6.65. The largest absolute Gasteiger partial charge is 0.380 e. The standard InChI is InChI=1S/C14H28N2O2/c1-4-16(9-10-18-5-2)14(17)13-11(3)7-6-8-12(13)15/h11-13H,4-10,15H2,1-3H3. The molecule has 0 aromatic heterocycles. The molecule has 1 aliphatic carbocycles. The van der Waals surface area contributed by atoms with Crippen LogP contribution in [-0.4, -0.2) is 43.2 Å². The monoisotopic (exact) mass is 256 g/mol. The van der Waals surface area contributed by atoms with Crippen LogP contribution in [0.5, 0.6) is 0 Å². The molecule has 1 saturated carbocycles. The molecule has 4 heteroatoms. The fourth-order valence-corrected chi connectivity index (χ4v) is 2.84. The molecule has 0 radical (unpaired) electrons. The maximum Gasteiger partial charge on any atom is 0.227 e. The second-order valence-corrected chi connectivity index (χ2v) is 5.21. The van der Waals surface area contributed by atoms with Crippen LogP contribution in [0.1, 0.15) is 40.0 Å². The zero-order chi connectivity index (χ0) is 13.5. The van der Waals surface area contributed by atoms with Gasteiger partial charge in [0.2, 0.25) is 5.91 Å². The van der Waals surface area contributed by atoms with E-state index in [4.69, 9.17) is 10.5 Å². The first-order valence-electron chi connectivity index (χ1n) is 7.23. The van der Waals surface area contributed by atoms with Gasteiger partial charge < -0.3 is 15.4 Å². The van der Waals surface area contributed by atoms with E-state index in [0.717, 1.165) is 25.8 Å². The lowest BCUT2D eigenvalue weighted by molar-refractivity contribution is -0.139. The first-order chi connectivity index (χ1) is 8.61. The van der Waals surface area contributed by atoms with Crippen molar-refractivity contribution in [2.75, 3.05) is 26.3 Å². The molecule has 2 N–H and O–H groups in total. The van der Waals surface area contributed by atoms with Crippen LogP contribution < -0.4 is 5.73 Å². The Hall–Kier alpha value is -0.610. The number of likely N-dealkylation sites (N-methyl/N-ethyl adjacent to an activating group) is 1. The first-order valence-corrected chi connectivity index (χ1v) is 7.23. The highest BCUT2D eigenvalue weighted by atomic mass is 16.5. The van der Waals surface area contributed by atoms with Crippen molar-refractivity contribution < 1.29 is 9.53 Å². The molecule has 1 amide bonds. The molecule has 0 heterocycles. The van der Waals surface area contributed by atoms with Gasteiger partial charge in [0, 0.05) is 25.7 Å². The molecule has 0 bridgehead atoms. The van der Waals surface area contributed by atoms with Crippen LogP contribution in [0.2, 0.25) is 0 Å². The summed E-state index contributed by atoms with van der Waals surface area (Å²) in [6.07, 6.45) is 3.24. The minimum Gasteiger partial charge on any atom is -0.380 e. The van der Waals surface area contributed by atoms with E-state index in [1.807, 2.05) is 18.7 Å². The van der Waals surface area contributed by atoms with E-state index >= 15 is 0 Å². The molecule has 3 unspecified atom stereocenters. The highest BCUT2D eigenvalue weighted by Gasteiger charge is 2.35. The van der Waals surface area contributed by atoms with E-state index in [9.17, 15) is 4.79 Å². The lowest BCUT2D eigenvalue weighted by Crippen LogP contribution is -2.49. The van der Waals surface area contributed by atoms with E-state index in [0.29, 0.717) is 25.7 Å². The van der Waals surface area contributed by atoms with Gasteiger partial charge in [-0.3, -0.25) is 4.79 Å². The van der Waals surface area contributed by atoms with Crippen LogP contribution in [-0.2, 0) is 9.53 Å². The average Bonchev–Trinajstić information content (AvgIpc) is 2.34. The third-order valence-corrected chi connectivity index (χ3v) is 3.96. The molecular weight excluding hydrogens is 228 g/mol. The zero-order valence-corrected chi connectivity index (χ0v) is 12.0. The predicted octanol–water partition coefficient (Wildman–Crippen LogP) is 1.63. The first kappa shape index (κ1) is 15.4. The van der Waals surface area contributed by atoms with Gasteiger partial charge in [-0.25, -0.2) is 0 Å². The minimum atomic E-state index is 0.000302. The summed E-state index contributed by atoms with van der Waals surface area (Å²) >= 11 is 0. The minimum absolute atomic E-state index is 0.000302. The van der Waals surface area contributed by atoms with Crippen LogP contribution >= 0.6 is 0 Å². The third kappa shape index (κ3) is 3.95. The lowest BCUT2D eigenvalue weighted by Gasteiger charge is -2.36. The quantitative estimate of drug-likeness (QED) is 0.735. The van der Waals surface area contributed by atoms with Gasteiger partial charge in [0.25, 0.3) is 0 Å². The Labute approximate surface area is 111 Å². The molecule has 0 spiro atoms. The van der Waals surface area contributed by atoms with Gasteiger partial charge in [0.15, 0.2) is 0 Å². The van der Waals surface area contributed by atoms with Gasteiger partial charge in [-0.05, 0) is 32.6 Å². The van der Waals surface area contributed by atoms with Crippen molar-refractivity contribution in [2.45, 2.75) is 46.1 Å². The van der Waals surface area contributed by atoms with Crippen LogP contribution in [0, 0.1) is 11.8 Å². The molecular formula is C14H28N2O2. The molecule has 0 saturated heterocycles. The maximum absolute atomic E-state index is 12.5. The van der Waals surface area contributed by atoms with Crippen molar-refractivity contribution in [2.24, 2.45) is 17.6 Å². The van der Waals surface area contributed by atoms with Crippen LogP contribution in [0.3, 0.4) is 0 Å². The highest BCUT2D eigenvalue weighted by molar-refractivity contribution is 5.80. The average molecular weight is 256 g/mol. The van der Waals surface area contributed by atoms with Crippen LogP contribution in [0.15, 0.2) is 0 Å². The van der Waals surface area contributed by atoms with Gasteiger partial charge in [-0.2, -0.15) is 0 Å². The molecule has 1 aliphatic rings. The number of carbonyl (C=O) groups excluding carboxylic acids is 1. The fourth-order valence-electron chi connectivity index (χ4n) is 2.84. The molecule has 18 heavy (non-hydrogen) atoms. The third-order valence-electron chi connectivity index (χ3n) is 3.96. The number of hydrogen-bond acceptors (Lipinski definition) is 3. The van der Waals surface area contributed by atoms with Gasteiger partial charge in [0.05, 0.1) is 12.5 Å². The number of rotatable bonds is 6. The molecule has 1 fully saturated rings. The van der Waals surface area contributed by atoms with E-state index < -0.39 is 0 Å². The van der Waals surface area contributed by atoms with Crippen molar-refractivity contribution in [1.82, 2.24) is 4.90 Å². The summed E-state index contributed by atoms with van der Waals surface area (Å²) in [6, 6.07) is 0.0300. The Morgan fingerprint density at radius 3 is 2.67 bits per heavy atom. The molecule has 4 nitrogen and oxygen atoms in total. The SMILES string of the molecule is CCOCCN(CC)C(=O)C1C(C)CCCC1N. The smallest absolute Gasteiger partial charge is 0.227 e. The van der Waals surface area contributed by atoms with Crippen LogP contribution in [0.4, 0.5) is 0 Å². The summed E-state index contributed by atoms with van der Waals surface area (Å²) in [6.45, 7) is 8.87. The number of amides is 1. The molecule has 106 valence electrons. The molecule has 0 aliphatic heterocycles. The predicted molar refractivity (Wildman–Crippen MR) is 73.2 cm³/mol. The van der Waals surface area contributed by atoms with Gasteiger partial charge in [-0.1, -0.05) is 13.3 Å². The lowest BCUT2D eigenvalue weighted by atomic mass is 9.76. The number of nitrogens with two attached hydrogens (primary N) is 1. The van der Waals surface area contributed by atoms with Gasteiger partial charge in [-0.15, -0.1) is 0 Å². The van der Waals surface area contributed by atoms with Gasteiger partial charge >= 0.3 is 0 Å². The van der Waals surface area contributed by atoms with Crippen molar-refractivity contribution >= 4 is 5.91 Å². The van der Waals surface area contributed by atoms with Gasteiger partial charge in [0.1, 0.15) is 0 Å². The summed E-state index contributed by atoms with van der Waals surface area (Å²) in [5, 5.41) is 0. The Bertz CT molecular complexity index is 248. The maximum atomic E-state index is 12.5. The number of nitrogens with zero attached hydrogens (tertiary/aromatic N) is 1. The van der Waals surface area contributed by atoms with Crippen molar-refractivity contribution in [3.05, 3.63) is 0 Å². The number of hydrogen-bond donors (Lipinski definition) is 1. The topological polar surface area (TPSA) is 55.6 Å². The van der Waals surface area contributed by atoms with Crippen molar-refractivity contribution in [1.29, 1.82) is 0 Å². The number of carbonyl (C=O) groups is 1. The van der Waals surface area contributed by atoms with Crippen LogP contribution in [0.25, 0.3) is 0 Å². The molecule has 0 aromatic carbocycles. The Morgan fingerprint density at radius 2 is 2.11 bits per heavy atom. The van der Waals surface area contributed by atoms with E-state index in [-0.39, 0.29) is 17.9 Å². The van der Waals surface area contributed by atoms with Crippen molar-refractivity contribution in [3.63, 3.8) is 0 Å². The normalized spacial score (nSPS) is 28.1. The van der Waals surface area contributed by atoms with E-state index in [2.05, 4.69) is 6.92 Å². The summed E-state index contributed by atoms with van der Waals surface area (Å²) < 4.78 is 5.33. The molecule has 3 atom stereocenters. The molecule has 1 rings (SSSR count). The fraction of sp³-hybridized carbons (Fsp3) is 0.929. The van der Waals surface area contributed by atoms with Crippen molar-refractivity contribution in [3.8, 4) is 0 Å². The number of ether oxygens (including phenoxy) is 1. The second-order valence-electron chi connectivity index (χ2n) is 5.21. The summed E-state index contributed by atoms with van der Waals surface area (Å²) in [4.78, 5) is 14.4. The zero-order valence-electron chi connectivity index (χ0n) is 12.0. The summed E-state index contributed by atoms with van der Waals surface area (Å²) in [5.41, 5.74) is 6.14. The molecule has 0 aromatic rings. The van der Waals surface area contributed by atoms with E-state index in [1.54, 1.807) is 0 Å². The van der Waals surface area contributed by atoms with E-state index in [1.165, 1.54) is 0 Å².